The van der Waals surface area contributed by atoms with Gasteiger partial charge in [-0.1, -0.05) is 11.8 Å². The lowest BCUT2D eigenvalue weighted by atomic mass is 10.4. The number of hydrogen-bond acceptors (Lipinski definition) is 7. The Kier molecular flexibility index (Phi) is 5.97. The molecule has 1 rings (SSSR count). The van der Waals surface area contributed by atoms with Gasteiger partial charge < -0.3 is 14.6 Å². The van der Waals surface area contributed by atoms with Crippen molar-refractivity contribution >= 4 is 11.8 Å². The van der Waals surface area contributed by atoms with Crippen molar-refractivity contribution in [2.24, 2.45) is 0 Å². The van der Waals surface area contributed by atoms with Gasteiger partial charge >= 0.3 is 6.18 Å². The van der Waals surface area contributed by atoms with Crippen LogP contribution in [0.25, 0.3) is 0 Å². The summed E-state index contributed by atoms with van der Waals surface area (Å²) in [6.07, 6.45) is -7.70. The number of tetrazole rings is 1. The van der Waals surface area contributed by atoms with E-state index < -0.39 is 24.3 Å². The number of ether oxygens (including phenoxy) is 2. The Hall–Kier alpha value is -0.910. The Morgan fingerprint density at radius 1 is 1.37 bits per heavy atom. The van der Waals surface area contributed by atoms with Crippen LogP contribution in [0.1, 0.15) is 0 Å². The first-order chi connectivity index (χ1) is 8.88. The molecule has 0 spiro atoms. The molecule has 110 valence electrons. The van der Waals surface area contributed by atoms with Gasteiger partial charge in [-0.2, -0.15) is 13.2 Å². The normalized spacial score (nSPS) is 14.1. The second kappa shape index (κ2) is 7.03. The second-order valence-corrected chi connectivity index (χ2v) is 4.40. The summed E-state index contributed by atoms with van der Waals surface area (Å²) in [5, 5.41) is 19.5. The molecule has 0 saturated heterocycles. The van der Waals surface area contributed by atoms with Gasteiger partial charge in [0.2, 0.25) is 5.16 Å². The van der Waals surface area contributed by atoms with E-state index in [4.69, 9.17) is 14.6 Å². The number of aromatic nitrogens is 4. The summed E-state index contributed by atoms with van der Waals surface area (Å²) < 4.78 is 47.5. The van der Waals surface area contributed by atoms with Gasteiger partial charge in [-0.05, 0) is 10.4 Å². The molecule has 0 fully saturated rings. The third kappa shape index (κ3) is 4.93. The largest absolute Gasteiger partial charge is 0.415 e. The zero-order chi connectivity index (χ0) is 14.5. The Morgan fingerprint density at radius 3 is 2.53 bits per heavy atom. The first kappa shape index (κ1) is 16.1. The smallest absolute Gasteiger partial charge is 0.383 e. The number of thioether (sulfide) groups is 1. The third-order valence-electron chi connectivity index (χ3n) is 2.09. The molecule has 0 aliphatic carbocycles. The highest BCUT2D eigenvalue weighted by atomic mass is 32.2. The summed E-state index contributed by atoms with van der Waals surface area (Å²) >= 11 is 0.697. The maximum absolute atomic E-state index is 12.1. The lowest BCUT2D eigenvalue weighted by Crippen LogP contribution is -2.30. The van der Waals surface area contributed by atoms with Gasteiger partial charge in [-0.15, -0.1) is 5.10 Å². The van der Waals surface area contributed by atoms with Crippen molar-refractivity contribution in [2.45, 2.75) is 30.3 Å². The Labute approximate surface area is 111 Å². The molecule has 0 aromatic carbocycles. The number of rotatable bonds is 7. The molecule has 0 aliphatic rings. The fourth-order valence-electron chi connectivity index (χ4n) is 1.05. The van der Waals surface area contributed by atoms with Crippen LogP contribution in [0, 0.1) is 0 Å². The first-order valence-electron chi connectivity index (χ1n) is 5.07. The predicted molar refractivity (Wildman–Crippen MR) is 58.4 cm³/mol. The van der Waals surface area contributed by atoms with Gasteiger partial charge in [0.15, 0.2) is 12.4 Å². The van der Waals surface area contributed by atoms with Crippen molar-refractivity contribution in [1.82, 2.24) is 20.2 Å². The van der Waals surface area contributed by atoms with Crippen LogP contribution in [-0.2, 0) is 16.0 Å². The summed E-state index contributed by atoms with van der Waals surface area (Å²) in [6.45, 7) is 0.129. The molecule has 1 aromatic rings. The van der Waals surface area contributed by atoms with Crippen molar-refractivity contribution in [1.29, 1.82) is 0 Å². The summed E-state index contributed by atoms with van der Waals surface area (Å²) in [5.74, 6) is -0.589. The average Bonchev–Trinajstić information content (AvgIpc) is 2.78. The molecular formula is C8H13F3N4O3S. The molecule has 0 radical (unpaired) electrons. The van der Waals surface area contributed by atoms with Crippen LogP contribution < -0.4 is 0 Å². The molecule has 1 atom stereocenters. The number of methoxy groups -OCH3 is 2. The minimum absolute atomic E-state index is 0.129. The van der Waals surface area contributed by atoms with E-state index >= 15 is 0 Å². The lowest BCUT2D eigenvalue weighted by molar-refractivity contribution is -0.195. The fraction of sp³-hybridized carbons (Fsp3) is 0.875. The number of nitrogens with zero attached hydrogens (tertiary/aromatic N) is 4. The number of alkyl halides is 3. The highest BCUT2D eigenvalue weighted by molar-refractivity contribution is 7.99. The zero-order valence-electron chi connectivity index (χ0n) is 10.2. The maximum Gasteiger partial charge on any atom is 0.415 e. The minimum Gasteiger partial charge on any atom is -0.383 e. The standard InChI is InChI=1S/C8H13F3N4O3S/c1-17-6(18-2)3-15-7(12-13-14-15)19-4-5(16)8(9,10)11/h5-6,16H,3-4H2,1-2H3. The average molecular weight is 302 g/mol. The molecule has 0 saturated carbocycles. The molecule has 11 heteroatoms. The molecule has 19 heavy (non-hydrogen) atoms. The lowest BCUT2D eigenvalue weighted by Gasteiger charge is -2.15. The van der Waals surface area contributed by atoms with E-state index in [9.17, 15) is 13.2 Å². The summed E-state index contributed by atoms with van der Waals surface area (Å²) in [7, 11) is 2.83. The Morgan fingerprint density at radius 2 is 2.00 bits per heavy atom. The van der Waals surface area contributed by atoms with E-state index in [2.05, 4.69) is 15.5 Å². The SMILES string of the molecule is COC(Cn1nnnc1SCC(O)C(F)(F)F)OC. The number of aliphatic hydroxyl groups excluding tert-OH is 1. The number of aliphatic hydroxyl groups is 1. The van der Waals surface area contributed by atoms with E-state index in [1.807, 2.05) is 0 Å². The summed E-state index contributed by atoms with van der Waals surface area (Å²) in [5.41, 5.74) is 0. The van der Waals surface area contributed by atoms with Crippen LogP contribution in [-0.4, -0.2) is 63.9 Å². The molecule has 1 aromatic heterocycles. The quantitative estimate of drug-likeness (QED) is 0.573. The van der Waals surface area contributed by atoms with E-state index in [-0.39, 0.29) is 11.7 Å². The number of hydrogen-bond donors (Lipinski definition) is 1. The summed E-state index contributed by atoms with van der Waals surface area (Å²) in [4.78, 5) is 0. The fourth-order valence-corrected chi connectivity index (χ4v) is 1.90. The Bertz CT molecular complexity index is 386. The van der Waals surface area contributed by atoms with Gasteiger partial charge in [0.1, 0.15) is 0 Å². The highest BCUT2D eigenvalue weighted by Crippen LogP contribution is 2.25. The zero-order valence-corrected chi connectivity index (χ0v) is 11.0. The summed E-state index contributed by atoms with van der Waals surface area (Å²) in [6, 6.07) is 0. The van der Waals surface area contributed by atoms with E-state index in [1.165, 1.54) is 18.9 Å². The van der Waals surface area contributed by atoms with Crippen molar-refractivity contribution in [2.75, 3.05) is 20.0 Å². The molecular weight excluding hydrogens is 289 g/mol. The molecule has 0 bridgehead atoms. The van der Waals surface area contributed by atoms with Crippen LogP contribution in [0.3, 0.4) is 0 Å². The van der Waals surface area contributed by atoms with Crippen LogP contribution in [0.2, 0.25) is 0 Å². The molecule has 1 unspecified atom stereocenters. The second-order valence-electron chi connectivity index (χ2n) is 3.41. The Balaban J connectivity index is 2.58. The van der Waals surface area contributed by atoms with Crippen molar-refractivity contribution in [3.05, 3.63) is 0 Å². The predicted octanol–water partition coefficient (Wildman–Crippen LogP) is 0.307. The van der Waals surface area contributed by atoms with Gasteiger partial charge in [0.05, 0.1) is 6.54 Å². The highest BCUT2D eigenvalue weighted by Gasteiger charge is 2.38. The maximum atomic E-state index is 12.1. The molecule has 0 amide bonds. The van der Waals surface area contributed by atoms with Crippen LogP contribution in [0.4, 0.5) is 13.2 Å². The minimum atomic E-state index is -4.66. The van der Waals surface area contributed by atoms with Crippen LogP contribution in [0.15, 0.2) is 5.16 Å². The van der Waals surface area contributed by atoms with Gasteiger partial charge in [-0.25, -0.2) is 4.68 Å². The van der Waals surface area contributed by atoms with E-state index in [0.29, 0.717) is 11.8 Å². The van der Waals surface area contributed by atoms with Crippen molar-refractivity contribution in [3.63, 3.8) is 0 Å². The van der Waals surface area contributed by atoms with Crippen LogP contribution >= 0.6 is 11.8 Å². The topological polar surface area (TPSA) is 82.3 Å². The van der Waals surface area contributed by atoms with Gasteiger partial charge in [0, 0.05) is 20.0 Å². The number of halogens is 3. The molecule has 1 heterocycles. The third-order valence-corrected chi connectivity index (χ3v) is 3.13. The van der Waals surface area contributed by atoms with Gasteiger partial charge in [0.25, 0.3) is 0 Å². The van der Waals surface area contributed by atoms with Crippen molar-refractivity contribution < 1.29 is 27.8 Å². The molecule has 7 nitrogen and oxygen atoms in total. The first-order valence-corrected chi connectivity index (χ1v) is 6.06. The van der Waals surface area contributed by atoms with E-state index in [0.717, 1.165) is 0 Å². The van der Waals surface area contributed by atoms with Crippen molar-refractivity contribution in [3.8, 4) is 0 Å². The molecule has 0 aliphatic heterocycles. The van der Waals surface area contributed by atoms with E-state index in [1.54, 1.807) is 0 Å². The van der Waals surface area contributed by atoms with Crippen LogP contribution in [0.5, 0.6) is 0 Å². The van der Waals surface area contributed by atoms with Gasteiger partial charge in [-0.3, -0.25) is 0 Å². The monoisotopic (exact) mass is 302 g/mol. The molecule has 1 N–H and O–H groups in total.